The van der Waals surface area contributed by atoms with Gasteiger partial charge in [-0.2, -0.15) is 0 Å². The lowest BCUT2D eigenvalue weighted by Gasteiger charge is -2.15. The van der Waals surface area contributed by atoms with Crippen LogP contribution < -0.4 is 5.73 Å². The second-order valence-corrected chi connectivity index (χ2v) is 13.0. The van der Waals surface area contributed by atoms with Crippen molar-refractivity contribution < 1.29 is 0 Å². The van der Waals surface area contributed by atoms with Gasteiger partial charge in [0, 0.05) is 39.5 Å². The maximum atomic E-state index is 6.12. The molecule has 0 unspecified atom stereocenters. The molecule has 0 atom stereocenters. The highest BCUT2D eigenvalue weighted by atomic mass is 15.0. The predicted octanol–water partition coefficient (Wildman–Crippen LogP) is 11.7. The molecule has 0 fully saturated rings. The van der Waals surface area contributed by atoms with Crippen molar-refractivity contribution in [3.8, 4) is 78.7 Å². The third-order valence-electron chi connectivity index (χ3n) is 9.52. The highest BCUT2D eigenvalue weighted by molar-refractivity contribution is 6.02. The smallest absolute Gasteiger partial charge is 0.164 e. The van der Waals surface area contributed by atoms with E-state index >= 15 is 0 Å². The van der Waals surface area contributed by atoms with E-state index in [-0.39, 0.29) is 0 Å². The number of benzene rings is 7. The molecular weight excluding hydrogens is 647 g/mol. The van der Waals surface area contributed by atoms with Gasteiger partial charge in [-0.15, -0.1) is 0 Å². The number of aromatic nitrogens is 4. The van der Waals surface area contributed by atoms with Crippen LogP contribution in [0.15, 0.2) is 188 Å². The Morgan fingerprint density at radius 1 is 0.340 bits per heavy atom. The highest BCUT2D eigenvalue weighted by Crippen LogP contribution is 2.39. The van der Waals surface area contributed by atoms with Crippen LogP contribution >= 0.6 is 0 Å². The van der Waals surface area contributed by atoms with Crippen molar-refractivity contribution in [2.24, 2.45) is 0 Å². The van der Waals surface area contributed by atoms with E-state index in [4.69, 9.17) is 25.7 Å². The van der Waals surface area contributed by atoms with Crippen molar-refractivity contribution in [1.82, 2.24) is 19.9 Å². The molecule has 9 aromatic rings. The molecule has 0 amide bonds. The Balaban J connectivity index is 1.13. The standard InChI is InChI=1S/C48H33N5/c49-42-18-8-15-40(31-42)39-14-7-16-41(30-39)48-52-46(37-12-5-2-6-13-37)51-47(53-48)38-25-23-35(24-26-38)44-43(28-27-36-17-9-29-50-45(36)44)34-21-19-33(20-22-34)32-10-3-1-4-11-32/h1-31H,49H2. The first-order chi connectivity index (χ1) is 26.2. The van der Waals surface area contributed by atoms with Gasteiger partial charge < -0.3 is 5.73 Å². The molecule has 250 valence electrons. The van der Waals surface area contributed by atoms with Crippen LogP contribution in [-0.2, 0) is 0 Å². The van der Waals surface area contributed by atoms with Crippen molar-refractivity contribution in [2.75, 3.05) is 5.73 Å². The zero-order valence-corrected chi connectivity index (χ0v) is 28.8. The quantitative estimate of drug-likeness (QED) is 0.170. The van der Waals surface area contributed by atoms with Crippen molar-refractivity contribution in [2.45, 2.75) is 0 Å². The van der Waals surface area contributed by atoms with Gasteiger partial charge in [0.25, 0.3) is 0 Å². The number of rotatable bonds is 7. The summed E-state index contributed by atoms with van der Waals surface area (Å²) >= 11 is 0. The van der Waals surface area contributed by atoms with Crippen molar-refractivity contribution >= 4 is 16.6 Å². The number of nitrogens with two attached hydrogens (primary N) is 1. The van der Waals surface area contributed by atoms with Crippen LogP contribution in [0.25, 0.3) is 89.6 Å². The average molecular weight is 680 g/mol. The summed E-state index contributed by atoms with van der Waals surface area (Å²) in [4.78, 5) is 19.9. The summed E-state index contributed by atoms with van der Waals surface area (Å²) in [7, 11) is 0. The Labute approximate surface area is 308 Å². The van der Waals surface area contributed by atoms with Crippen LogP contribution in [0.5, 0.6) is 0 Å². The van der Waals surface area contributed by atoms with Crippen molar-refractivity contribution in [1.29, 1.82) is 0 Å². The van der Waals surface area contributed by atoms with Crippen LogP contribution in [0.4, 0.5) is 5.69 Å². The Morgan fingerprint density at radius 3 is 1.55 bits per heavy atom. The molecule has 53 heavy (non-hydrogen) atoms. The lowest BCUT2D eigenvalue weighted by molar-refractivity contribution is 1.07. The Morgan fingerprint density at radius 2 is 0.849 bits per heavy atom. The summed E-state index contributed by atoms with van der Waals surface area (Å²) < 4.78 is 0. The molecule has 2 N–H and O–H groups in total. The monoisotopic (exact) mass is 679 g/mol. The van der Waals surface area contributed by atoms with E-state index in [9.17, 15) is 0 Å². The molecule has 0 aliphatic rings. The van der Waals surface area contributed by atoms with Gasteiger partial charge in [-0.05, 0) is 63.2 Å². The Hall–Kier alpha value is -7.24. The minimum Gasteiger partial charge on any atom is -0.399 e. The fourth-order valence-electron chi connectivity index (χ4n) is 6.84. The number of pyridine rings is 1. The second kappa shape index (κ2) is 13.8. The number of anilines is 1. The number of nitrogen functional groups attached to an aromatic ring is 1. The molecule has 5 nitrogen and oxygen atoms in total. The average Bonchev–Trinajstić information content (AvgIpc) is 3.24. The van der Waals surface area contributed by atoms with Gasteiger partial charge in [0.05, 0.1) is 5.52 Å². The number of nitrogens with zero attached hydrogens (tertiary/aromatic N) is 4. The van der Waals surface area contributed by atoms with E-state index in [1.165, 1.54) is 11.1 Å². The SMILES string of the molecule is Nc1cccc(-c2cccc(-c3nc(-c4ccccc4)nc(-c4ccc(-c5c(-c6ccc(-c7ccccc7)cc6)ccc6cccnc56)cc4)n3)c2)c1. The normalized spacial score (nSPS) is 11.1. The lowest BCUT2D eigenvalue weighted by Crippen LogP contribution is -2.00. The number of hydrogen-bond donors (Lipinski definition) is 1. The first-order valence-corrected chi connectivity index (χ1v) is 17.6. The van der Waals surface area contributed by atoms with Gasteiger partial charge in [0.15, 0.2) is 17.5 Å². The molecule has 0 aliphatic carbocycles. The summed E-state index contributed by atoms with van der Waals surface area (Å²) in [6.45, 7) is 0. The maximum Gasteiger partial charge on any atom is 0.164 e. The zero-order chi connectivity index (χ0) is 35.6. The second-order valence-electron chi connectivity index (χ2n) is 13.0. The van der Waals surface area contributed by atoms with Crippen LogP contribution in [0.2, 0.25) is 0 Å². The summed E-state index contributed by atoms with van der Waals surface area (Å²) in [5.41, 5.74) is 19.4. The summed E-state index contributed by atoms with van der Waals surface area (Å²) in [5, 5.41) is 1.09. The Bertz CT molecular complexity index is 2710. The van der Waals surface area contributed by atoms with Crippen LogP contribution in [0, 0.1) is 0 Å². The van der Waals surface area contributed by atoms with Gasteiger partial charge in [0.2, 0.25) is 0 Å². The zero-order valence-electron chi connectivity index (χ0n) is 28.8. The fourth-order valence-corrected chi connectivity index (χ4v) is 6.84. The molecular formula is C48H33N5. The molecule has 0 aliphatic heterocycles. The summed E-state index contributed by atoms with van der Waals surface area (Å²) in [5.74, 6) is 1.81. The van der Waals surface area contributed by atoms with Gasteiger partial charge in [-0.3, -0.25) is 4.98 Å². The van der Waals surface area contributed by atoms with Crippen LogP contribution in [0.3, 0.4) is 0 Å². The predicted molar refractivity (Wildman–Crippen MR) is 218 cm³/mol. The third-order valence-corrected chi connectivity index (χ3v) is 9.52. The van der Waals surface area contributed by atoms with E-state index in [1.54, 1.807) is 0 Å². The van der Waals surface area contributed by atoms with E-state index in [2.05, 4.69) is 109 Å². The Kier molecular flexibility index (Phi) is 8.27. The molecule has 0 spiro atoms. The number of hydrogen-bond acceptors (Lipinski definition) is 5. The van der Waals surface area contributed by atoms with E-state index in [0.29, 0.717) is 17.5 Å². The molecule has 2 aromatic heterocycles. The van der Waals surface area contributed by atoms with Crippen molar-refractivity contribution in [3.63, 3.8) is 0 Å². The third kappa shape index (κ3) is 6.44. The molecule has 0 bridgehead atoms. The van der Waals surface area contributed by atoms with E-state index < -0.39 is 0 Å². The largest absolute Gasteiger partial charge is 0.399 e. The van der Waals surface area contributed by atoms with E-state index in [0.717, 1.165) is 66.7 Å². The van der Waals surface area contributed by atoms with Gasteiger partial charge in [-0.1, -0.05) is 158 Å². The van der Waals surface area contributed by atoms with Crippen LogP contribution in [-0.4, -0.2) is 19.9 Å². The topological polar surface area (TPSA) is 77.6 Å². The summed E-state index contributed by atoms with van der Waals surface area (Å²) in [6, 6.07) is 62.3. The lowest BCUT2D eigenvalue weighted by atomic mass is 9.91. The van der Waals surface area contributed by atoms with Crippen molar-refractivity contribution in [3.05, 3.63) is 188 Å². The highest BCUT2D eigenvalue weighted by Gasteiger charge is 2.16. The van der Waals surface area contributed by atoms with Crippen LogP contribution in [0.1, 0.15) is 0 Å². The minimum absolute atomic E-state index is 0.600. The van der Waals surface area contributed by atoms with Gasteiger partial charge >= 0.3 is 0 Å². The summed E-state index contributed by atoms with van der Waals surface area (Å²) in [6.07, 6.45) is 1.86. The fraction of sp³-hybridized carbons (Fsp3) is 0. The number of fused-ring (bicyclic) bond motifs is 1. The molecule has 7 aromatic carbocycles. The minimum atomic E-state index is 0.600. The van der Waals surface area contributed by atoms with Gasteiger partial charge in [-0.25, -0.2) is 15.0 Å². The maximum absolute atomic E-state index is 6.12. The van der Waals surface area contributed by atoms with Gasteiger partial charge in [0.1, 0.15) is 0 Å². The first kappa shape index (κ1) is 31.7. The molecule has 9 rings (SSSR count). The molecule has 5 heteroatoms. The molecule has 2 heterocycles. The first-order valence-electron chi connectivity index (χ1n) is 17.6. The molecule has 0 radical (unpaired) electrons. The van der Waals surface area contributed by atoms with E-state index in [1.807, 2.05) is 79.0 Å². The molecule has 0 saturated carbocycles. The molecule has 0 saturated heterocycles.